The number of rotatable bonds is 1. The first kappa shape index (κ1) is 7.77. The molecule has 0 fully saturated rings. The largest absolute Gasteiger partial charge is 0.389 e. The number of hydrogen-bond acceptors (Lipinski definition) is 2. The van der Waals surface area contributed by atoms with Gasteiger partial charge in [-0.2, -0.15) is 0 Å². The molecule has 12 heavy (non-hydrogen) atoms. The Bertz CT molecular complexity index is 389. The first-order chi connectivity index (χ1) is 5.77. The van der Waals surface area contributed by atoms with Crippen molar-refractivity contribution < 1.29 is 5.11 Å². The Labute approximate surface area is 75.3 Å². The fourth-order valence-corrected chi connectivity index (χ4v) is 2.07. The van der Waals surface area contributed by atoms with E-state index in [0.717, 1.165) is 5.56 Å². The maximum absolute atomic E-state index is 9.33. The molecule has 1 heterocycles. The minimum absolute atomic E-state index is 0.364. The number of fused-ring (bicyclic) bond motifs is 1. The minimum atomic E-state index is -0.364. The molecule has 0 aliphatic carbocycles. The zero-order chi connectivity index (χ0) is 8.55. The van der Waals surface area contributed by atoms with E-state index >= 15 is 0 Å². The summed E-state index contributed by atoms with van der Waals surface area (Å²) in [6.07, 6.45) is -0.364. The van der Waals surface area contributed by atoms with E-state index in [0.29, 0.717) is 0 Å². The highest BCUT2D eigenvalue weighted by Crippen LogP contribution is 2.24. The van der Waals surface area contributed by atoms with E-state index in [4.69, 9.17) is 0 Å². The summed E-state index contributed by atoms with van der Waals surface area (Å²) in [5.41, 5.74) is 0.991. The van der Waals surface area contributed by atoms with Gasteiger partial charge in [0.15, 0.2) is 0 Å². The van der Waals surface area contributed by atoms with E-state index < -0.39 is 0 Å². The average Bonchev–Trinajstić information content (AvgIpc) is 2.49. The zero-order valence-corrected chi connectivity index (χ0v) is 7.64. The molecule has 0 amide bonds. The van der Waals surface area contributed by atoms with Crippen LogP contribution in [0.5, 0.6) is 0 Å². The number of hydrogen-bond donors (Lipinski definition) is 1. The number of benzene rings is 1. The smallest absolute Gasteiger partial charge is 0.0762 e. The molecule has 0 spiro atoms. The van der Waals surface area contributed by atoms with Crippen LogP contribution in [0, 0.1) is 0 Å². The van der Waals surface area contributed by atoms with Crippen molar-refractivity contribution in [3.63, 3.8) is 0 Å². The highest BCUT2D eigenvalue weighted by Gasteiger charge is 2.01. The maximum atomic E-state index is 9.33. The second-order valence-corrected chi connectivity index (χ2v) is 3.84. The molecule has 1 nitrogen and oxygen atoms in total. The summed E-state index contributed by atoms with van der Waals surface area (Å²) >= 11 is 1.71. The maximum Gasteiger partial charge on any atom is 0.0762 e. The van der Waals surface area contributed by atoms with Crippen molar-refractivity contribution in [3.8, 4) is 0 Å². The molecule has 2 aromatic rings. The van der Waals surface area contributed by atoms with Gasteiger partial charge in [-0.3, -0.25) is 0 Å². The van der Waals surface area contributed by atoms with E-state index in [2.05, 4.69) is 11.4 Å². The molecule has 1 unspecified atom stereocenters. The topological polar surface area (TPSA) is 20.2 Å². The van der Waals surface area contributed by atoms with E-state index in [9.17, 15) is 5.11 Å². The Kier molecular flexibility index (Phi) is 1.87. The summed E-state index contributed by atoms with van der Waals surface area (Å²) in [5.74, 6) is 0. The molecule has 62 valence electrons. The lowest BCUT2D eigenvalue weighted by Crippen LogP contribution is -1.88. The van der Waals surface area contributed by atoms with Crippen molar-refractivity contribution >= 4 is 21.4 Å². The molecule has 0 aliphatic heterocycles. The Balaban J connectivity index is 2.60. The molecule has 1 aromatic heterocycles. The van der Waals surface area contributed by atoms with Crippen molar-refractivity contribution in [2.75, 3.05) is 0 Å². The van der Waals surface area contributed by atoms with E-state index in [1.807, 2.05) is 18.2 Å². The van der Waals surface area contributed by atoms with Gasteiger partial charge in [0.25, 0.3) is 0 Å². The van der Waals surface area contributed by atoms with Gasteiger partial charge >= 0.3 is 0 Å². The van der Waals surface area contributed by atoms with Crippen molar-refractivity contribution in [3.05, 3.63) is 35.2 Å². The van der Waals surface area contributed by atoms with Crippen LogP contribution in [-0.4, -0.2) is 5.11 Å². The second kappa shape index (κ2) is 2.88. The first-order valence-corrected chi connectivity index (χ1v) is 4.80. The SMILES string of the molecule is CC(O)c1ccc2ccsc2c1. The lowest BCUT2D eigenvalue weighted by Gasteiger charge is -2.03. The summed E-state index contributed by atoms with van der Waals surface area (Å²) in [6, 6.07) is 8.16. The molecule has 1 N–H and O–H groups in total. The normalized spacial score (nSPS) is 13.5. The Morgan fingerprint density at radius 2 is 2.17 bits per heavy atom. The third kappa shape index (κ3) is 1.24. The fraction of sp³-hybridized carbons (Fsp3) is 0.200. The van der Waals surface area contributed by atoms with Crippen LogP contribution in [0.2, 0.25) is 0 Å². The van der Waals surface area contributed by atoms with Crippen molar-refractivity contribution in [1.82, 2.24) is 0 Å². The standard InChI is InChI=1S/C10H10OS/c1-7(11)9-3-2-8-4-5-12-10(8)6-9/h2-7,11H,1H3. The monoisotopic (exact) mass is 178 g/mol. The lowest BCUT2D eigenvalue weighted by molar-refractivity contribution is 0.199. The zero-order valence-electron chi connectivity index (χ0n) is 6.82. The summed E-state index contributed by atoms with van der Waals surface area (Å²) in [6.45, 7) is 1.79. The average molecular weight is 178 g/mol. The van der Waals surface area contributed by atoms with Crippen molar-refractivity contribution in [2.24, 2.45) is 0 Å². The lowest BCUT2D eigenvalue weighted by atomic mass is 10.1. The molecule has 1 atom stereocenters. The van der Waals surface area contributed by atoms with Crippen LogP contribution in [-0.2, 0) is 0 Å². The highest BCUT2D eigenvalue weighted by atomic mass is 32.1. The van der Waals surface area contributed by atoms with Crippen LogP contribution < -0.4 is 0 Å². The summed E-state index contributed by atoms with van der Waals surface area (Å²) in [5, 5.41) is 12.6. The number of aliphatic hydroxyl groups excluding tert-OH is 1. The van der Waals surface area contributed by atoms with Gasteiger partial charge < -0.3 is 5.11 Å². The molecular weight excluding hydrogens is 168 g/mol. The third-order valence-corrected chi connectivity index (χ3v) is 2.84. The van der Waals surface area contributed by atoms with Crippen LogP contribution >= 0.6 is 11.3 Å². The minimum Gasteiger partial charge on any atom is -0.389 e. The fourth-order valence-electron chi connectivity index (χ4n) is 1.23. The molecule has 0 saturated heterocycles. The van der Waals surface area contributed by atoms with Gasteiger partial charge in [-0.25, -0.2) is 0 Å². The van der Waals surface area contributed by atoms with Crippen LogP contribution in [0.3, 0.4) is 0 Å². The van der Waals surface area contributed by atoms with Gasteiger partial charge in [-0.15, -0.1) is 11.3 Å². The van der Waals surface area contributed by atoms with Gasteiger partial charge in [-0.1, -0.05) is 12.1 Å². The van der Waals surface area contributed by atoms with Crippen LogP contribution in [0.15, 0.2) is 29.6 Å². The molecule has 1 aromatic carbocycles. The van der Waals surface area contributed by atoms with Gasteiger partial charge in [0.2, 0.25) is 0 Å². The highest BCUT2D eigenvalue weighted by molar-refractivity contribution is 7.17. The van der Waals surface area contributed by atoms with Crippen molar-refractivity contribution in [2.45, 2.75) is 13.0 Å². The van der Waals surface area contributed by atoms with Gasteiger partial charge in [0.1, 0.15) is 0 Å². The number of aliphatic hydroxyl groups is 1. The molecule has 0 bridgehead atoms. The quantitative estimate of drug-likeness (QED) is 0.711. The molecule has 0 radical (unpaired) electrons. The third-order valence-electron chi connectivity index (χ3n) is 1.96. The molecule has 0 saturated carbocycles. The Hall–Kier alpha value is -0.860. The van der Waals surface area contributed by atoms with Crippen LogP contribution in [0.25, 0.3) is 10.1 Å². The molecule has 2 rings (SSSR count). The van der Waals surface area contributed by atoms with Gasteiger partial charge in [-0.05, 0) is 35.4 Å². The predicted octanol–water partition coefficient (Wildman–Crippen LogP) is 2.95. The summed E-state index contributed by atoms with van der Waals surface area (Å²) in [4.78, 5) is 0. The summed E-state index contributed by atoms with van der Waals surface area (Å²) < 4.78 is 1.24. The van der Waals surface area contributed by atoms with E-state index in [-0.39, 0.29) is 6.10 Å². The van der Waals surface area contributed by atoms with Crippen LogP contribution in [0.4, 0.5) is 0 Å². The van der Waals surface area contributed by atoms with E-state index in [1.54, 1.807) is 18.3 Å². The predicted molar refractivity (Wildman–Crippen MR) is 52.5 cm³/mol. The Morgan fingerprint density at radius 3 is 2.92 bits per heavy atom. The van der Waals surface area contributed by atoms with E-state index in [1.165, 1.54) is 10.1 Å². The molecule has 2 heteroatoms. The first-order valence-electron chi connectivity index (χ1n) is 3.92. The van der Waals surface area contributed by atoms with Crippen molar-refractivity contribution in [1.29, 1.82) is 0 Å². The van der Waals surface area contributed by atoms with Gasteiger partial charge in [0, 0.05) is 4.70 Å². The second-order valence-electron chi connectivity index (χ2n) is 2.89. The van der Waals surface area contributed by atoms with Crippen LogP contribution in [0.1, 0.15) is 18.6 Å². The van der Waals surface area contributed by atoms with Gasteiger partial charge in [0.05, 0.1) is 6.10 Å². The molecule has 0 aliphatic rings. The number of thiophene rings is 1. The molecular formula is C10H10OS. The summed E-state index contributed by atoms with van der Waals surface area (Å²) in [7, 11) is 0. The Morgan fingerprint density at radius 1 is 1.33 bits per heavy atom.